The number of halogens is 3. The Morgan fingerprint density at radius 3 is 2.23 bits per heavy atom. The number of ether oxygens (including phenoxy) is 1. The predicted molar refractivity (Wildman–Crippen MR) is 104 cm³/mol. The average molecular weight is 412 g/mol. The first-order valence-corrected chi connectivity index (χ1v) is 9.44. The van der Waals surface area contributed by atoms with Crippen LogP contribution in [-0.4, -0.2) is 23.2 Å². The molecule has 136 valence electrons. The van der Waals surface area contributed by atoms with Crippen LogP contribution in [0.5, 0.6) is 0 Å². The molecule has 1 unspecified atom stereocenters. The number of hydrogen-bond acceptors (Lipinski definition) is 3. The third-order valence-corrected chi connectivity index (χ3v) is 5.55. The lowest BCUT2D eigenvalue weighted by atomic mass is 9.90. The number of benzene rings is 2. The van der Waals surface area contributed by atoms with Gasteiger partial charge in [-0.3, -0.25) is 9.59 Å². The van der Waals surface area contributed by atoms with Gasteiger partial charge in [0.25, 0.3) is 0 Å². The fourth-order valence-electron chi connectivity index (χ4n) is 2.80. The van der Waals surface area contributed by atoms with Gasteiger partial charge in [-0.25, -0.2) is 0 Å². The fraction of sp³-hybridized carbons (Fsp3) is 0.300. The Morgan fingerprint density at radius 1 is 1.08 bits per heavy atom. The summed E-state index contributed by atoms with van der Waals surface area (Å²) in [6.45, 7) is 1.87. The van der Waals surface area contributed by atoms with Crippen molar-refractivity contribution < 1.29 is 14.3 Å². The molecule has 6 heteroatoms. The monoisotopic (exact) mass is 410 g/mol. The van der Waals surface area contributed by atoms with Gasteiger partial charge in [0.2, 0.25) is 0 Å². The Labute approximate surface area is 167 Å². The average Bonchev–Trinajstić information content (AvgIpc) is 3.36. The molecule has 1 fully saturated rings. The predicted octanol–water partition coefficient (Wildman–Crippen LogP) is 5.65. The van der Waals surface area contributed by atoms with Crippen LogP contribution in [0.1, 0.15) is 31.2 Å². The van der Waals surface area contributed by atoms with Crippen LogP contribution in [0, 0.1) is 0 Å². The van der Waals surface area contributed by atoms with Crippen molar-refractivity contribution in [2.24, 2.45) is 0 Å². The molecule has 0 spiro atoms. The van der Waals surface area contributed by atoms with E-state index in [4.69, 9.17) is 39.5 Å². The maximum atomic E-state index is 12.8. The van der Waals surface area contributed by atoms with Crippen LogP contribution in [-0.2, 0) is 14.3 Å². The summed E-state index contributed by atoms with van der Waals surface area (Å²) in [5, 5.41) is 0.964. The molecule has 3 nitrogen and oxygen atoms in total. The zero-order chi connectivity index (χ0) is 18.9. The van der Waals surface area contributed by atoms with Gasteiger partial charge >= 0.3 is 5.97 Å². The van der Waals surface area contributed by atoms with Crippen LogP contribution in [0.4, 0.5) is 0 Å². The SMILES string of the molecule is CCOC(=O)C(C(=O)C1(Cl)CC1)c1ccc(-c2ccc(Cl)cc2)cc1Cl. The van der Waals surface area contributed by atoms with Gasteiger partial charge < -0.3 is 4.74 Å². The largest absolute Gasteiger partial charge is 0.465 e. The van der Waals surface area contributed by atoms with Gasteiger partial charge in [0.05, 0.1) is 6.61 Å². The topological polar surface area (TPSA) is 43.4 Å². The number of alkyl halides is 1. The molecule has 0 aliphatic heterocycles. The van der Waals surface area contributed by atoms with Crippen LogP contribution in [0.15, 0.2) is 42.5 Å². The van der Waals surface area contributed by atoms with Gasteiger partial charge in [0.1, 0.15) is 10.8 Å². The summed E-state index contributed by atoms with van der Waals surface area (Å²) in [7, 11) is 0. The zero-order valence-electron chi connectivity index (χ0n) is 14.1. The zero-order valence-corrected chi connectivity index (χ0v) is 16.4. The number of Topliss-reactive ketones (excluding diaryl/α,β-unsaturated/α-hetero) is 1. The summed E-state index contributed by atoms with van der Waals surface area (Å²) in [6, 6.07) is 12.6. The summed E-state index contributed by atoms with van der Waals surface area (Å²) < 4.78 is 5.09. The van der Waals surface area contributed by atoms with Crippen molar-refractivity contribution in [1.29, 1.82) is 0 Å². The lowest BCUT2D eigenvalue weighted by Crippen LogP contribution is -2.31. The molecule has 3 rings (SSSR count). The van der Waals surface area contributed by atoms with Gasteiger partial charge in [-0.15, -0.1) is 11.6 Å². The third-order valence-electron chi connectivity index (χ3n) is 4.40. The molecule has 1 aliphatic carbocycles. The number of carbonyl (C=O) groups excluding carboxylic acids is 2. The molecule has 0 radical (unpaired) electrons. The minimum atomic E-state index is -1.11. The Bertz CT molecular complexity index is 842. The Balaban J connectivity index is 1.97. The van der Waals surface area contributed by atoms with Crippen molar-refractivity contribution >= 4 is 46.6 Å². The molecule has 0 heterocycles. The molecule has 1 atom stereocenters. The molecule has 1 aliphatic rings. The van der Waals surface area contributed by atoms with E-state index in [0.29, 0.717) is 28.5 Å². The normalized spacial score (nSPS) is 16.0. The van der Waals surface area contributed by atoms with Crippen molar-refractivity contribution in [3.8, 4) is 11.1 Å². The number of ketones is 1. The second-order valence-corrected chi connectivity index (χ2v) is 7.82. The lowest BCUT2D eigenvalue weighted by molar-refractivity contribution is -0.148. The molecule has 0 amide bonds. The summed E-state index contributed by atoms with van der Waals surface area (Å²) in [5.41, 5.74) is 2.20. The van der Waals surface area contributed by atoms with Gasteiger partial charge in [-0.1, -0.05) is 47.5 Å². The first kappa shape index (κ1) is 19.2. The number of hydrogen-bond donors (Lipinski definition) is 0. The highest BCUT2D eigenvalue weighted by Gasteiger charge is 2.53. The summed E-state index contributed by atoms with van der Waals surface area (Å²) in [6.07, 6.45) is 1.12. The van der Waals surface area contributed by atoms with Crippen molar-refractivity contribution in [3.63, 3.8) is 0 Å². The molecule has 0 aromatic heterocycles. The van der Waals surface area contributed by atoms with E-state index in [2.05, 4.69) is 0 Å². The second-order valence-electron chi connectivity index (χ2n) is 6.26. The van der Waals surface area contributed by atoms with Crippen LogP contribution in [0.3, 0.4) is 0 Å². The van der Waals surface area contributed by atoms with Crippen molar-refractivity contribution in [3.05, 3.63) is 58.1 Å². The lowest BCUT2D eigenvalue weighted by Gasteiger charge is -2.19. The molecular formula is C20H17Cl3O3. The Hall–Kier alpha value is -1.55. The van der Waals surface area contributed by atoms with E-state index in [-0.39, 0.29) is 12.4 Å². The van der Waals surface area contributed by atoms with Gasteiger partial charge in [0, 0.05) is 10.0 Å². The summed E-state index contributed by atoms with van der Waals surface area (Å²) >= 11 is 18.6. The highest BCUT2D eigenvalue weighted by atomic mass is 35.5. The molecule has 0 saturated heterocycles. The third kappa shape index (κ3) is 3.90. The van der Waals surface area contributed by atoms with E-state index in [1.165, 1.54) is 0 Å². The van der Waals surface area contributed by atoms with Gasteiger partial charge in [-0.2, -0.15) is 0 Å². The van der Waals surface area contributed by atoms with Gasteiger partial charge in [-0.05, 0) is 54.7 Å². The summed E-state index contributed by atoms with van der Waals surface area (Å²) in [4.78, 5) is 24.2. The van der Waals surface area contributed by atoms with E-state index in [1.54, 1.807) is 31.2 Å². The minimum Gasteiger partial charge on any atom is -0.465 e. The summed E-state index contributed by atoms with van der Waals surface area (Å²) in [5.74, 6) is -2.08. The Morgan fingerprint density at radius 2 is 1.69 bits per heavy atom. The van der Waals surface area contributed by atoms with Crippen LogP contribution >= 0.6 is 34.8 Å². The number of carbonyl (C=O) groups is 2. The minimum absolute atomic E-state index is 0.179. The quantitative estimate of drug-likeness (QED) is 0.350. The first-order chi connectivity index (χ1) is 12.4. The van der Waals surface area contributed by atoms with E-state index < -0.39 is 16.8 Å². The second kappa shape index (κ2) is 7.59. The highest BCUT2D eigenvalue weighted by Crippen LogP contribution is 2.47. The van der Waals surface area contributed by atoms with Crippen molar-refractivity contribution in [2.75, 3.05) is 6.61 Å². The molecule has 26 heavy (non-hydrogen) atoms. The van der Waals surface area contributed by atoms with Gasteiger partial charge in [0.15, 0.2) is 5.78 Å². The molecular weight excluding hydrogens is 395 g/mol. The van der Waals surface area contributed by atoms with Crippen molar-refractivity contribution in [1.82, 2.24) is 0 Å². The van der Waals surface area contributed by atoms with E-state index in [0.717, 1.165) is 11.1 Å². The number of rotatable bonds is 6. The molecule has 2 aromatic rings. The smallest absolute Gasteiger partial charge is 0.321 e. The maximum Gasteiger partial charge on any atom is 0.321 e. The molecule has 1 saturated carbocycles. The number of esters is 1. The fourth-order valence-corrected chi connectivity index (χ4v) is 3.42. The molecule has 2 aromatic carbocycles. The van der Waals surface area contributed by atoms with Crippen LogP contribution in [0.25, 0.3) is 11.1 Å². The van der Waals surface area contributed by atoms with Crippen molar-refractivity contribution in [2.45, 2.75) is 30.6 Å². The van der Waals surface area contributed by atoms with E-state index >= 15 is 0 Å². The first-order valence-electron chi connectivity index (χ1n) is 8.31. The Kier molecular flexibility index (Phi) is 5.61. The van der Waals surface area contributed by atoms with E-state index in [9.17, 15) is 9.59 Å². The molecule has 0 N–H and O–H groups in total. The maximum absolute atomic E-state index is 12.8. The molecule has 0 bridgehead atoms. The van der Waals surface area contributed by atoms with Crippen LogP contribution < -0.4 is 0 Å². The standard InChI is InChI=1S/C20H17Cl3O3/c1-2-26-19(25)17(18(24)20(23)9-10-20)15-8-5-13(11-16(15)22)12-3-6-14(21)7-4-12/h3-8,11,17H,2,9-10H2,1H3. The van der Waals surface area contributed by atoms with E-state index in [1.807, 2.05) is 18.2 Å². The highest BCUT2D eigenvalue weighted by molar-refractivity contribution is 6.40. The van der Waals surface area contributed by atoms with Crippen LogP contribution in [0.2, 0.25) is 10.0 Å².